The molecule has 0 saturated carbocycles. The molecule has 0 fully saturated rings. The molecule has 0 amide bonds. The highest BCUT2D eigenvalue weighted by Gasteiger charge is 2.25. The summed E-state index contributed by atoms with van der Waals surface area (Å²) in [6, 6.07) is 0. The third-order valence-corrected chi connectivity index (χ3v) is 4.56. The highest BCUT2D eigenvalue weighted by atomic mass is 79.9. The zero-order valence-corrected chi connectivity index (χ0v) is 14.6. The van der Waals surface area contributed by atoms with Gasteiger partial charge in [0.1, 0.15) is 0 Å². The van der Waals surface area contributed by atoms with E-state index in [9.17, 15) is 0 Å². The number of rotatable bonds is 9. The lowest BCUT2D eigenvalue weighted by atomic mass is 9.85. The molecular weight excluding hydrogens is 318 g/mol. The molecule has 0 aliphatic rings. The van der Waals surface area contributed by atoms with Crippen LogP contribution in [0.3, 0.4) is 0 Å². The topological polar surface area (TPSA) is 39.1 Å². The molecular formula is C15H26BrN3O. The van der Waals surface area contributed by atoms with Crippen molar-refractivity contribution in [2.75, 3.05) is 26.8 Å². The van der Waals surface area contributed by atoms with Gasteiger partial charge in [0, 0.05) is 38.6 Å². The normalized spacial score (nSPS) is 14.2. The number of aryl methyl sites for hydroxylation is 2. The van der Waals surface area contributed by atoms with Gasteiger partial charge in [-0.1, -0.05) is 13.0 Å². The van der Waals surface area contributed by atoms with Crippen LogP contribution in [0.5, 0.6) is 0 Å². The fourth-order valence-corrected chi connectivity index (χ4v) is 2.60. The van der Waals surface area contributed by atoms with Gasteiger partial charge in [0.25, 0.3) is 0 Å². The second-order valence-electron chi connectivity index (χ2n) is 5.37. The summed E-state index contributed by atoms with van der Waals surface area (Å²) >= 11 is 3.66. The standard InChI is InChI=1S/C15H26BrN3O/c1-6-15(4,11-17-8-9-20-5)10-13-14(16)12(3)18-19(13)7-2/h6,17H,1,7-11H2,2-5H3. The van der Waals surface area contributed by atoms with Crippen molar-refractivity contribution in [3.8, 4) is 0 Å². The first-order chi connectivity index (χ1) is 9.47. The minimum Gasteiger partial charge on any atom is -0.383 e. The van der Waals surface area contributed by atoms with Crippen molar-refractivity contribution in [3.05, 3.63) is 28.5 Å². The second-order valence-corrected chi connectivity index (χ2v) is 6.16. The van der Waals surface area contributed by atoms with Gasteiger partial charge in [-0.05, 0) is 29.8 Å². The van der Waals surface area contributed by atoms with E-state index >= 15 is 0 Å². The first-order valence-corrected chi connectivity index (χ1v) is 7.81. The maximum absolute atomic E-state index is 5.06. The molecule has 1 rings (SSSR count). The Hall–Kier alpha value is -0.650. The Balaban J connectivity index is 2.79. The molecule has 1 heterocycles. The first kappa shape index (κ1) is 17.4. The fraction of sp³-hybridized carbons (Fsp3) is 0.667. The van der Waals surface area contributed by atoms with E-state index in [1.165, 1.54) is 5.69 Å². The fourth-order valence-electron chi connectivity index (χ4n) is 2.18. The van der Waals surface area contributed by atoms with E-state index in [-0.39, 0.29) is 5.41 Å². The summed E-state index contributed by atoms with van der Waals surface area (Å²) in [4.78, 5) is 0. The van der Waals surface area contributed by atoms with Gasteiger partial charge in [-0.2, -0.15) is 5.10 Å². The van der Waals surface area contributed by atoms with Crippen molar-refractivity contribution in [1.29, 1.82) is 0 Å². The van der Waals surface area contributed by atoms with Gasteiger partial charge in [-0.3, -0.25) is 4.68 Å². The summed E-state index contributed by atoms with van der Waals surface area (Å²) in [5.41, 5.74) is 2.27. The Morgan fingerprint density at radius 1 is 1.55 bits per heavy atom. The molecule has 1 N–H and O–H groups in total. The van der Waals surface area contributed by atoms with Gasteiger partial charge in [0.2, 0.25) is 0 Å². The SMILES string of the molecule is C=CC(C)(CNCCOC)Cc1c(Br)c(C)nn1CC. The summed E-state index contributed by atoms with van der Waals surface area (Å²) in [6.45, 7) is 13.7. The lowest BCUT2D eigenvalue weighted by Gasteiger charge is -2.26. The number of aromatic nitrogens is 2. The monoisotopic (exact) mass is 343 g/mol. The lowest BCUT2D eigenvalue weighted by Crippen LogP contribution is -2.34. The molecule has 1 aromatic heterocycles. The minimum atomic E-state index is -0.00431. The summed E-state index contributed by atoms with van der Waals surface area (Å²) in [7, 11) is 1.72. The van der Waals surface area contributed by atoms with Crippen molar-refractivity contribution in [1.82, 2.24) is 15.1 Å². The average molecular weight is 344 g/mol. The zero-order chi connectivity index (χ0) is 15.2. The largest absolute Gasteiger partial charge is 0.383 e. The Kier molecular flexibility index (Phi) is 6.92. The summed E-state index contributed by atoms with van der Waals surface area (Å²) in [5.74, 6) is 0. The summed E-state index contributed by atoms with van der Waals surface area (Å²) in [5, 5.41) is 7.97. The highest BCUT2D eigenvalue weighted by molar-refractivity contribution is 9.10. The lowest BCUT2D eigenvalue weighted by molar-refractivity contribution is 0.195. The van der Waals surface area contributed by atoms with E-state index in [1.54, 1.807) is 7.11 Å². The summed E-state index contributed by atoms with van der Waals surface area (Å²) in [6.07, 6.45) is 2.94. The predicted molar refractivity (Wildman–Crippen MR) is 87.1 cm³/mol. The Morgan fingerprint density at radius 2 is 2.25 bits per heavy atom. The van der Waals surface area contributed by atoms with Crippen LogP contribution >= 0.6 is 15.9 Å². The molecule has 114 valence electrons. The number of ether oxygens (including phenoxy) is 1. The third kappa shape index (κ3) is 4.43. The van der Waals surface area contributed by atoms with Gasteiger partial charge in [-0.15, -0.1) is 6.58 Å². The van der Waals surface area contributed by atoms with Crippen molar-refractivity contribution in [2.45, 2.75) is 33.7 Å². The van der Waals surface area contributed by atoms with Gasteiger partial charge in [-0.25, -0.2) is 0 Å². The van der Waals surface area contributed by atoms with Gasteiger partial charge < -0.3 is 10.1 Å². The van der Waals surface area contributed by atoms with Crippen molar-refractivity contribution in [3.63, 3.8) is 0 Å². The van der Waals surface area contributed by atoms with Crippen molar-refractivity contribution >= 4 is 15.9 Å². The van der Waals surface area contributed by atoms with Crippen molar-refractivity contribution in [2.24, 2.45) is 5.41 Å². The van der Waals surface area contributed by atoms with Crippen LogP contribution in [0.1, 0.15) is 25.2 Å². The molecule has 1 unspecified atom stereocenters. The third-order valence-electron chi connectivity index (χ3n) is 3.53. The molecule has 1 aromatic rings. The number of hydrogen-bond acceptors (Lipinski definition) is 3. The molecule has 0 saturated heterocycles. The molecule has 0 aliphatic heterocycles. The molecule has 0 bridgehead atoms. The second kappa shape index (κ2) is 7.96. The smallest absolute Gasteiger partial charge is 0.0738 e. The van der Waals surface area contributed by atoms with E-state index in [4.69, 9.17) is 4.74 Å². The van der Waals surface area contributed by atoms with Crippen LogP contribution < -0.4 is 5.32 Å². The highest BCUT2D eigenvalue weighted by Crippen LogP contribution is 2.29. The Bertz CT molecular complexity index is 445. The van der Waals surface area contributed by atoms with E-state index < -0.39 is 0 Å². The van der Waals surface area contributed by atoms with Crippen LogP contribution in [-0.4, -0.2) is 36.6 Å². The van der Waals surface area contributed by atoms with Crippen LogP contribution in [0, 0.1) is 12.3 Å². The molecule has 5 heteroatoms. The number of nitrogens with zero attached hydrogens (tertiary/aromatic N) is 2. The van der Waals surface area contributed by atoms with E-state index in [0.29, 0.717) is 0 Å². The van der Waals surface area contributed by atoms with E-state index in [0.717, 1.165) is 42.8 Å². The van der Waals surface area contributed by atoms with E-state index in [2.05, 4.69) is 51.5 Å². The Morgan fingerprint density at radius 3 is 2.80 bits per heavy atom. The van der Waals surface area contributed by atoms with E-state index in [1.807, 2.05) is 13.0 Å². The molecule has 0 radical (unpaired) electrons. The van der Waals surface area contributed by atoms with Crippen LogP contribution in [-0.2, 0) is 17.7 Å². The molecule has 0 aromatic carbocycles. The van der Waals surface area contributed by atoms with Gasteiger partial charge in [0.05, 0.1) is 22.5 Å². The average Bonchev–Trinajstić information content (AvgIpc) is 2.71. The number of methoxy groups -OCH3 is 1. The maximum atomic E-state index is 5.06. The summed E-state index contributed by atoms with van der Waals surface area (Å²) < 4.78 is 8.24. The number of halogens is 1. The van der Waals surface area contributed by atoms with Crippen LogP contribution in [0.4, 0.5) is 0 Å². The Labute approximate surface area is 130 Å². The molecule has 0 spiro atoms. The maximum Gasteiger partial charge on any atom is 0.0738 e. The van der Waals surface area contributed by atoms with Gasteiger partial charge in [0.15, 0.2) is 0 Å². The van der Waals surface area contributed by atoms with Crippen LogP contribution in [0.2, 0.25) is 0 Å². The minimum absolute atomic E-state index is 0.00431. The molecule has 4 nitrogen and oxygen atoms in total. The van der Waals surface area contributed by atoms with Crippen LogP contribution in [0.25, 0.3) is 0 Å². The van der Waals surface area contributed by atoms with Gasteiger partial charge >= 0.3 is 0 Å². The first-order valence-electron chi connectivity index (χ1n) is 7.02. The molecule has 1 atom stereocenters. The number of hydrogen-bond donors (Lipinski definition) is 1. The van der Waals surface area contributed by atoms with Crippen LogP contribution in [0.15, 0.2) is 17.1 Å². The quantitative estimate of drug-likeness (QED) is 0.553. The van der Waals surface area contributed by atoms with Crippen molar-refractivity contribution < 1.29 is 4.74 Å². The predicted octanol–water partition coefficient (Wildman–Crippen LogP) is 2.94. The zero-order valence-electron chi connectivity index (χ0n) is 13.0. The molecule has 0 aliphatic carbocycles. The number of nitrogens with one attached hydrogen (secondary N) is 1. The molecule has 20 heavy (non-hydrogen) atoms.